The van der Waals surface area contributed by atoms with Crippen LogP contribution in [0, 0.1) is 5.92 Å². The van der Waals surface area contributed by atoms with Gasteiger partial charge in [0.1, 0.15) is 6.61 Å². The average Bonchev–Trinajstić information content (AvgIpc) is 2.37. The lowest BCUT2D eigenvalue weighted by atomic mass is 10.00. The number of ether oxygens (including phenoxy) is 1. The molecule has 114 valence electrons. The SMILES string of the molecule is CCNCC(COCC(F)(F)F)Cc1ccc(Cl)cc1. The Labute approximate surface area is 122 Å². The highest BCUT2D eigenvalue weighted by molar-refractivity contribution is 6.30. The third-order valence-corrected chi connectivity index (χ3v) is 2.99. The highest BCUT2D eigenvalue weighted by Gasteiger charge is 2.27. The molecule has 6 heteroatoms. The van der Waals surface area contributed by atoms with Crippen molar-refractivity contribution in [3.05, 3.63) is 34.9 Å². The summed E-state index contributed by atoms with van der Waals surface area (Å²) in [6, 6.07) is 7.31. The fraction of sp³-hybridized carbons (Fsp3) is 0.571. The van der Waals surface area contributed by atoms with Crippen LogP contribution in [-0.4, -0.2) is 32.5 Å². The van der Waals surface area contributed by atoms with Crippen LogP contribution in [0.2, 0.25) is 5.02 Å². The van der Waals surface area contributed by atoms with Crippen LogP contribution in [0.25, 0.3) is 0 Å². The van der Waals surface area contributed by atoms with Crippen LogP contribution in [0.4, 0.5) is 13.2 Å². The molecular formula is C14H19ClF3NO. The van der Waals surface area contributed by atoms with E-state index in [1.807, 2.05) is 19.1 Å². The summed E-state index contributed by atoms with van der Waals surface area (Å²) in [5.74, 6) is -0.00141. The van der Waals surface area contributed by atoms with Gasteiger partial charge in [-0.25, -0.2) is 0 Å². The Morgan fingerprint density at radius 2 is 1.90 bits per heavy atom. The molecule has 0 saturated carbocycles. The zero-order valence-electron chi connectivity index (χ0n) is 11.3. The summed E-state index contributed by atoms with van der Waals surface area (Å²) in [6.45, 7) is 2.23. The lowest BCUT2D eigenvalue weighted by Gasteiger charge is -2.18. The van der Waals surface area contributed by atoms with Gasteiger partial charge >= 0.3 is 6.18 Å². The van der Waals surface area contributed by atoms with Gasteiger partial charge in [-0.15, -0.1) is 0 Å². The smallest absolute Gasteiger partial charge is 0.372 e. The Morgan fingerprint density at radius 1 is 1.25 bits per heavy atom. The molecule has 0 radical (unpaired) electrons. The minimum atomic E-state index is -4.27. The van der Waals surface area contributed by atoms with Crippen LogP contribution in [0.1, 0.15) is 12.5 Å². The van der Waals surface area contributed by atoms with Gasteiger partial charge in [0.15, 0.2) is 0 Å². The first kappa shape index (κ1) is 17.3. The van der Waals surface area contributed by atoms with Crippen molar-refractivity contribution >= 4 is 11.6 Å². The van der Waals surface area contributed by atoms with Crippen LogP contribution < -0.4 is 5.32 Å². The fourth-order valence-corrected chi connectivity index (χ4v) is 1.96. The van der Waals surface area contributed by atoms with E-state index in [0.29, 0.717) is 18.0 Å². The van der Waals surface area contributed by atoms with Crippen molar-refractivity contribution in [3.8, 4) is 0 Å². The van der Waals surface area contributed by atoms with E-state index < -0.39 is 12.8 Å². The van der Waals surface area contributed by atoms with E-state index in [2.05, 4.69) is 5.32 Å². The third kappa shape index (κ3) is 7.72. The predicted molar refractivity (Wildman–Crippen MR) is 74.1 cm³/mol. The van der Waals surface area contributed by atoms with Crippen molar-refractivity contribution in [1.82, 2.24) is 5.32 Å². The molecule has 1 N–H and O–H groups in total. The molecule has 0 aliphatic heterocycles. The lowest BCUT2D eigenvalue weighted by molar-refractivity contribution is -0.176. The van der Waals surface area contributed by atoms with Gasteiger partial charge in [0.2, 0.25) is 0 Å². The molecule has 1 atom stereocenters. The molecule has 1 unspecified atom stereocenters. The minimum Gasteiger partial charge on any atom is -0.372 e. The Kier molecular flexibility index (Phi) is 7.34. The van der Waals surface area contributed by atoms with Gasteiger partial charge in [-0.05, 0) is 36.6 Å². The van der Waals surface area contributed by atoms with Crippen LogP contribution >= 0.6 is 11.6 Å². The highest BCUT2D eigenvalue weighted by atomic mass is 35.5. The molecule has 0 aromatic heterocycles. The summed E-state index contributed by atoms with van der Waals surface area (Å²) in [5, 5.41) is 3.78. The summed E-state index contributed by atoms with van der Waals surface area (Å²) in [7, 11) is 0. The molecule has 0 aliphatic carbocycles. The van der Waals surface area contributed by atoms with E-state index in [9.17, 15) is 13.2 Å². The van der Waals surface area contributed by atoms with E-state index >= 15 is 0 Å². The van der Waals surface area contributed by atoms with Crippen LogP contribution in [0.15, 0.2) is 24.3 Å². The van der Waals surface area contributed by atoms with E-state index in [0.717, 1.165) is 12.1 Å². The molecule has 1 aromatic carbocycles. The van der Waals surface area contributed by atoms with Crippen molar-refractivity contribution in [2.45, 2.75) is 19.5 Å². The summed E-state index contributed by atoms with van der Waals surface area (Å²) in [4.78, 5) is 0. The number of hydrogen-bond donors (Lipinski definition) is 1. The first-order chi connectivity index (χ1) is 9.40. The van der Waals surface area contributed by atoms with Crippen molar-refractivity contribution in [3.63, 3.8) is 0 Å². The van der Waals surface area contributed by atoms with Crippen molar-refractivity contribution < 1.29 is 17.9 Å². The number of hydrogen-bond acceptors (Lipinski definition) is 2. The zero-order chi connectivity index (χ0) is 15.0. The Morgan fingerprint density at radius 3 is 2.45 bits per heavy atom. The quantitative estimate of drug-likeness (QED) is 0.791. The first-order valence-electron chi connectivity index (χ1n) is 6.50. The molecule has 2 nitrogen and oxygen atoms in total. The minimum absolute atomic E-state index is 0.00141. The number of halogens is 4. The summed E-state index contributed by atoms with van der Waals surface area (Å²) in [6.07, 6.45) is -3.62. The van der Waals surface area contributed by atoms with Gasteiger partial charge in [0.25, 0.3) is 0 Å². The Bertz CT molecular complexity index is 381. The predicted octanol–water partition coefficient (Wildman–Crippen LogP) is 3.69. The second-order valence-corrected chi connectivity index (χ2v) is 5.07. The largest absolute Gasteiger partial charge is 0.411 e. The Balaban J connectivity index is 2.48. The fourth-order valence-electron chi connectivity index (χ4n) is 1.83. The van der Waals surface area contributed by atoms with Crippen molar-refractivity contribution in [2.75, 3.05) is 26.3 Å². The molecular weight excluding hydrogens is 291 g/mol. The first-order valence-corrected chi connectivity index (χ1v) is 6.88. The van der Waals surface area contributed by atoms with Crippen LogP contribution in [-0.2, 0) is 11.2 Å². The monoisotopic (exact) mass is 309 g/mol. The van der Waals surface area contributed by atoms with Gasteiger partial charge < -0.3 is 10.1 Å². The van der Waals surface area contributed by atoms with E-state index in [4.69, 9.17) is 16.3 Å². The van der Waals surface area contributed by atoms with Crippen LogP contribution in [0.3, 0.4) is 0 Å². The standard InChI is InChI=1S/C14H19ClF3NO/c1-2-19-8-12(9-20-10-14(16,17)18)7-11-3-5-13(15)6-4-11/h3-6,12,19H,2,7-10H2,1H3. The summed E-state index contributed by atoms with van der Waals surface area (Å²) < 4.78 is 41.0. The molecule has 0 saturated heterocycles. The lowest BCUT2D eigenvalue weighted by Crippen LogP contribution is -2.29. The number of alkyl halides is 3. The second kappa shape index (κ2) is 8.49. The molecule has 1 aromatic rings. The van der Waals surface area contributed by atoms with E-state index in [1.54, 1.807) is 12.1 Å². The maximum Gasteiger partial charge on any atom is 0.411 e. The van der Waals surface area contributed by atoms with Gasteiger partial charge in [0.05, 0.1) is 6.61 Å². The van der Waals surface area contributed by atoms with Gasteiger partial charge in [-0.3, -0.25) is 0 Å². The maximum atomic E-state index is 12.1. The molecule has 20 heavy (non-hydrogen) atoms. The molecule has 0 bridgehead atoms. The highest BCUT2D eigenvalue weighted by Crippen LogP contribution is 2.17. The van der Waals surface area contributed by atoms with Crippen molar-refractivity contribution in [2.24, 2.45) is 5.92 Å². The number of rotatable bonds is 8. The second-order valence-electron chi connectivity index (χ2n) is 4.63. The van der Waals surface area contributed by atoms with Crippen molar-refractivity contribution in [1.29, 1.82) is 0 Å². The third-order valence-electron chi connectivity index (χ3n) is 2.74. The number of nitrogens with one attached hydrogen (secondary N) is 1. The molecule has 0 heterocycles. The maximum absolute atomic E-state index is 12.1. The normalized spacial score (nSPS) is 13.4. The molecule has 1 rings (SSSR count). The Hall–Kier alpha value is -0.780. The van der Waals surface area contributed by atoms with Gasteiger partial charge in [-0.1, -0.05) is 30.7 Å². The summed E-state index contributed by atoms with van der Waals surface area (Å²) >= 11 is 5.80. The topological polar surface area (TPSA) is 21.3 Å². The van der Waals surface area contributed by atoms with Gasteiger partial charge in [-0.2, -0.15) is 13.2 Å². The zero-order valence-corrected chi connectivity index (χ0v) is 12.1. The van der Waals surface area contributed by atoms with E-state index in [-0.39, 0.29) is 12.5 Å². The summed E-state index contributed by atoms with van der Waals surface area (Å²) in [5.41, 5.74) is 1.04. The molecule has 0 aliphatic rings. The van der Waals surface area contributed by atoms with E-state index in [1.165, 1.54) is 0 Å². The van der Waals surface area contributed by atoms with Crippen LogP contribution in [0.5, 0.6) is 0 Å². The van der Waals surface area contributed by atoms with Gasteiger partial charge in [0, 0.05) is 11.6 Å². The average molecular weight is 310 g/mol. The number of benzene rings is 1. The molecule has 0 amide bonds. The molecule has 0 spiro atoms. The molecule has 0 fully saturated rings.